The molecule has 0 heterocycles. The van der Waals surface area contributed by atoms with Crippen LogP contribution in [-0.4, -0.2) is 32.9 Å². The third-order valence-corrected chi connectivity index (χ3v) is 2.60. The van der Waals surface area contributed by atoms with E-state index in [2.05, 4.69) is 12.2 Å². The Kier molecular flexibility index (Phi) is 6.68. The Labute approximate surface area is 108 Å². The molecule has 1 rings (SSSR count). The van der Waals surface area contributed by atoms with Crippen molar-refractivity contribution in [2.75, 3.05) is 26.8 Å². The fourth-order valence-corrected chi connectivity index (χ4v) is 1.65. The van der Waals surface area contributed by atoms with Crippen LogP contribution < -0.4 is 10.1 Å². The van der Waals surface area contributed by atoms with Crippen LogP contribution in [0.1, 0.15) is 18.9 Å². The normalized spacial score (nSPS) is 12.4. The number of rotatable bonds is 8. The molecule has 1 aromatic carbocycles. The van der Waals surface area contributed by atoms with Crippen molar-refractivity contribution in [1.29, 1.82) is 0 Å². The number of hydrogen-bond acceptors (Lipinski definition) is 3. The predicted octanol–water partition coefficient (Wildman–Crippen LogP) is 2.53. The van der Waals surface area contributed by atoms with E-state index in [1.165, 1.54) is 0 Å². The quantitative estimate of drug-likeness (QED) is 0.724. The van der Waals surface area contributed by atoms with Gasteiger partial charge in [-0.1, -0.05) is 19.1 Å². The van der Waals surface area contributed by atoms with E-state index >= 15 is 0 Å². The van der Waals surface area contributed by atoms with E-state index in [1.807, 2.05) is 0 Å². The summed E-state index contributed by atoms with van der Waals surface area (Å²) in [6, 6.07) is 5.16. The Balaban J connectivity index is 2.61. The molecule has 0 aliphatic rings. The zero-order valence-corrected chi connectivity index (χ0v) is 11.3. The van der Waals surface area contributed by atoms with E-state index in [9.17, 15) is 4.39 Å². The maximum atomic E-state index is 13.8. The summed E-state index contributed by atoms with van der Waals surface area (Å²) in [4.78, 5) is 0. The molecule has 1 unspecified atom stereocenters. The molecule has 0 spiro atoms. The maximum absolute atomic E-state index is 13.8. The standard InChI is InChI=1S/C14H22FNO2/c1-4-8-16-9-12(10-17-3)18-13-7-5-6-11(2)14(13)15/h5-7,12,16H,4,8-10H2,1-3H3. The number of benzene rings is 1. The molecule has 0 aliphatic carbocycles. The van der Waals surface area contributed by atoms with Gasteiger partial charge in [0.2, 0.25) is 0 Å². The molecule has 0 saturated heterocycles. The number of halogens is 1. The SMILES string of the molecule is CCCNCC(COC)Oc1cccc(C)c1F. The van der Waals surface area contributed by atoms with Crippen molar-refractivity contribution in [3.63, 3.8) is 0 Å². The lowest BCUT2D eigenvalue weighted by Crippen LogP contribution is -2.35. The van der Waals surface area contributed by atoms with Crippen molar-refractivity contribution in [2.24, 2.45) is 0 Å². The van der Waals surface area contributed by atoms with Crippen molar-refractivity contribution in [3.05, 3.63) is 29.6 Å². The molecule has 0 saturated carbocycles. The summed E-state index contributed by atoms with van der Waals surface area (Å²) in [5, 5.41) is 3.25. The molecular weight excluding hydrogens is 233 g/mol. The monoisotopic (exact) mass is 255 g/mol. The summed E-state index contributed by atoms with van der Waals surface area (Å²) >= 11 is 0. The molecule has 0 fully saturated rings. The van der Waals surface area contributed by atoms with Crippen molar-refractivity contribution in [3.8, 4) is 5.75 Å². The van der Waals surface area contributed by atoms with Gasteiger partial charge in [0.1, 0.15) is 6.10 Å². The van der Waals surface area contributed by atoms with Gasteiger partial charge in [0, 0.05) is 13.7 Å². The molecule has 102 valence electrons. The van der Waals surface area contributed by atoms with Crippen molar-refractivity contribution in [1.82, 2.24) is 5.32 Å². The number of nitrogens with one attached hydrogen (secondary N) is 1. The summed E-state index contributed by atoms with van der Waals surface area (Å²) in [6.07, 6.45) is 0.872. The van der Waals surface area contributed by atoms with Gasteiger partial charge in [0.05, 0.1) is 6.61 Å². The summed E-state index contributed by atoms with van der Waals surface area (Å²) in [6.45, 7) is 5.82. The number of ether oxygens (including phenoxy) is 2. The van der Waals surface area contributed by atoms with Crippen LogP contribution >= 0.6 is 0 Å². The fraction of sp³-hybridized carbons (Fsp3) is 0.571. The van der Waals surface area contributed by atoms with Crippen LogP contribution in [0.4, 0.5) is 4.39 Å². The largest absolute Gasteiger partial charge is 0.484 e. The molecule has 0 aliphatic heterocycles. The van der Waals surface area contributed by atoms with Crippen molar-refractivity contribution < 1.29 is 13.9 Å². The highest BCUT2D eigenvalue weighted by Crippen LogP contribution is 2.20. The lowest BCUT2D eigenvalue weighted by molar-refractivity contribution is 0.0779. The molecule has 0 amide bonds. The average Bonchev–Trinajstić information content (AvgIpc) is 2.35. The van der Waals surface area contributed by atoms with Gasteiger partial charge in [-0.3, -0.25) is 0 Å². The topological polar surface area (TPSA) is 30.5 Å². The van der Waals surface area contributed by atoms with Gasteiger partial charge >= 0.3 is 0 Å². The van der Waals surface area contributed by atoms with E-state index < -0.39 is 0 Å². The Bertz CT molecular complexity index is 358. The highest BCUT2D eigenvalue weighted by Gasteiger charge is 2.13. The third-order valence-electron chi connectivity index (χ3n) is 2.60. The molecule has 0 radical (unpaired) electrons. The number of hydrogen-bond donors (Lipinski definition) is 1. The first kappa shape index (κ1) is 14.9. The van der Waals surface area contributed by atoms with E-state index in [1.54, 1.807) is 32.2 Å². The first-order valence-electron chi connectivity index (χ1n) is 6.30. The van der Waals surface area contributed by atoms with Crippen molar-refractivity contribution >= 4 is 0 Å². The zero-order valence-electron chi connectivity index (χ0n) is 11.3. The van der Waals surface area contributed by atoms with Crippen LogP contribution in [0.5, 0.6) is 5.75 Å². The minimum atomic E-state index is -0.297. The van der Waals surface area contributed by atoms with Crippen molar-refractivity contribution in [2.45, 2.75) is 26.4 Å². The minimum Gasteiger partial charge on any atom is -0.484 e. The molecule has 1 atom stereocenters. The fourth-order valence-electron chi connectivity index (χ4n) is 1.65. The van der Waals surface area contributed by atoms with Gasteiger partial charge in [0.25, 0.3) is 0 Å². The summed E-state index contributed by atoms with van der Waals surface area (Å²) in [5.41, 5.74) is 0.588. The van der Waals surface area contributed by atoms with Crippen LogP contribution in [0.2, 0.25) is 0 Å². The highest BCUT2D eigenvalue weighted by molar-refractivity contribution is 5.30. The van der Waals surface area contributed by atoms with E-state index in [4.69, 9.17) is 9.47 Å². The Hall–Kier alpha value is -1.13. The molecule has 18 heavy (non-hydrogen) atoms. The second-order valence-corrected chi connectivity index (χ2v) is 4.29. The molecule has 1 N–H and O–H groups in total. The predicted molar refractivity (Wildman–Crippen MR) is 70.6 cm³/mol. The number of methoxy groups -OCH3 is 1. The van der Waals surface area contributed by atoms with Gasteiger partial charge in [-0.25, -0.2) is 4.39 Å². The van der Waals surface area contributed by atoms with E-state index in [-0.39, 0.29) is 17.7 Å². The van der Waals surface area contributed by atoms with Crippen LogP contribution in [0.25, 0.3) is 0 Å². The van der Waals surface area contributed by atoms with Crippen LogP contribution in [0.15, 0.2) is 18.2 Å². The summed E-state index contributed by atoms with van der Waals surface area (Å²) in [5.74, 6) is -0.00977. The average molecular weight is 255 g/mol. The van der Waals surface area contributed by atoms with Gasteiger partial charge in [-0.15, -0.1) is 0 Å². The highest BCUT2D eigenvalue weighted by atomic mass is 19.1. The smallest absolute Gasteiger partial charge is 0.167 e. The third kappa shape index (κ3) is 4.63. The van der Waals surface area contributed by atoms with Gasteiger partial charge in [-0.05, 0) is 31.5 Å². The van der Waals surface area contributed by atoms with E-state index in [0.717, 1.165) is 13.0 Å². The summed E-state index contributed by atoms with van der Waals surface area (Å²) in [7, 11) is 1.61. The summed E-state index contributed by atoms with van der Waals surface area (Å²) < 4.78 is 24.5. The molecule has 1 aromatic rings. The second kappa shape index (κ2) is 8.06. The Morgan fingerprint density at radius 3 is 2.83 bits per heavy atom. The second-order valence-electron chi connectivity index (χ2n) is 4.29. The van der Waals surface area contributed by atoms with E-state index in [0.29, 0.717) is 18.7 Å². The van der Waals surface area contributed by atoms with Crippen LogP contribution in [0, 0.1) is 12.7 Å². The zero-order chi connectivity index (χ0) is 13.4. The van der Waals surface area contributed by atoms with Gasteiger partial charge < -0.3 is 14.8 Å². The first-order chi connectivity index (χ1) is 8.69. The molecular formula is C14H22FNO2. The molecule has 0 bridgehead atoms. The number of aryl methyl sites for hydroxylation is 1. The van der Waals surface area contributed by atoms with Gasteiger partial charge in [-0.2, -0.15) is 0 Å². The molecule has 4 heteroatoms. The first-order valence-corrected chi connectivity index (χ1v) is 6.30. The molecule has 0 aromatic heterocycles. The maximum Gasteiger partial charge on any atom is 0.167 e. The van der Waals surface area contributed by atoms with Crippen LogP contribution in [-0.2, 0) is 4.74 Å². The van der Waals surface area contributed by atoms with Gasteiger partial charge in [0.15, 0.2) is 11.6 Å². The lowest BCUT2D eigenvalue weighted by atomic mass is 10.2. The molecule has 3 nitrogen and oxygen atoms in total. The Morgan fingerprint density at radius 1 is 1.39 bits per heavy atom. The van der Waals surface area contributed by atoms with Crippen LogP contribution in [0.3, 0.4) is 0 Å². The lowest BCUT2D eigenvalue weighted by Gasteiger charge is -2.19. The minimum absolute atomic E-state index is 0.183. The Morgan fingerprint density at radius 2 is 2.17 bits per heavy atom.